The molecule has 6 heteroatoms. The van der Waals surface area contributed by atoms with Gasteiger partial charge in [0.2, 0.25) is 0 Å². The second-order valence-electron chi connectivity index (χ2n) is 3.95. The fraction of sp³-hybridized carbons (Fsp3) is 0.667. The Morgan fingerprint density at radius 1 is 1.17 bits per heavy atom. The van der Waals surface area contributed by atoms with Gasteiger partial charge in [-0.2, -0.15) is 0 Å². The first-order chi connectivity index (χ1) is 8.29. The number of carbonyl (C=O) groups excluding carboxylic acids is 2. The topological polar surface area (TPSA) is 61.8 Å². The molecule has 5 nitrogen and oxygen atoms in total. The van der Waals surface area contributed by atoms with Crippen molar-refractivity contribution in [3.63, 3.8) is 0 Å². The van der Waals surface area contributed by atoms with Gasteiger partial charge in [-0.1, -0.05) is 6.58 Å². The average molecular weight is 294 g/mol. The molecule has 0 aliphatic heterocycles. The molecule has 0 saturated heterocycles. The maximum absolute atomic E-state index is 10.3. The molecule has 0 spiro atoms. The molecular weight excluding hydrogens is 272 g/mol. The van der Waals surface area contributed by atoms with E-state index in [-0.39, 0.29) is 12.2 Å². The fourth-order valence-electron chi connectivity index (χ4n) is 0.558. The van der Waals surface area contributed by atoms with Crippen LogP contribution in [0.3, 0.4) is 0 Å². The average Bonchev–Trinajstić information content (AvgIpc) is 2.16. The molecule has 18 heavy (non-hydrogen) atoms. The van der Waals surface area contributed by atoms with Crippen LogP contribution in [-0.2, 0) is 40.9 Å². The summed E-state index contributed by atoms with van der Waals surface area (Å²) in [5, 5.41) is 0. The summed E-state index contributed by atoms with van der Waals surface area (Å²) in [5.74, 6) is -0.764. The first kappa shape index (κ1) is 19.8. The number of rotatable bonds is 7. The molecular formula is C12H22O5Ti. The monoisotopic (exact) mass is 294 g/mol. The molecule has 0 unspecified atom stereocenters. The van der Waals surface area contributed by atoms with E-state index in [0.717, 1.165) is 6.26 Å². The Hall–Kier alpha value is -0.486. The quantitative estimate of drug-likeness (QED) is 0.312. The first-order valence-electron chi connectivity index (χ1n) is 5.65. The van der Waals surface area contributed by atoms with E-state index in [9.17, 15) is 9.59 Å². The van der Waals surface area contributed by atoms with Gasteiger partial charge in [0.25, 0.3) is 0 Å². The Morgan fingerprint density at radius 3 is 1.89 bits per heavy atom. The number of Topliss-reactive ketones (excluding diaryl/α,β-unsaturated/α-hetero) is 1. The Kier molecular flexibility index (Phi) is 14.3. The van der Waals surface area contributed by atoms with Crippen LogP contribution in [0.2, 0.25) is 0 Å². The van der Waals surface area contributed by atoms with Gasteiger partial charge in [0.05, 0.1) is 6.26 Å². The summed E-state index contributed by atoms with van der Waals surface area (Å²) < 4.78 is 14.8. The summed E-state index contributed by atoms with van der Waals surface area (Å²) in [6.45, 7) is 12.6. The summed E-state index contributed by atoms with van der Waals surface area (Å²) in [4.78, 5) is 20.5. The van der Waals surface area contributed by atoms with E-state index in [1.165, 1.54) is 6.92 Å². The van der Waals surface area contributed by atoms with Crippen LogP contribution in [0.15, 0.2) is 12.8 Å². The van der Waals surface area contributed by atoms with Gasteiger partial charge in [-0.25, -0.2) is 0 Å². The zero-order valence-corrected chi connectivity index (χ0v) is 13.2. The standard InChI is InChI=1S/C6H8O3.2C3H7O.Ti/c1-3-9-6(8)4-5(2)7;2*1-3(2)4;/h3H,1,4H2,2H3;2*3H,1-2H3;/q;2*-1;+2. The van der Waals surface area contributed by atoms with Crippen molar-refractivity contribution in [3.8, 4) is 0 Å². The molecule has 0 amide bonds. The Balaban J connectivity index is 0. The number of carbonyl (C=O) groups is 2. The van der Waals surface area contributed by atoms with Gasteiger partial charge in [-0.3, -0.25) is 9.59 Å². The number of esters is 1. The van der Waals surface area contributed by atoms with Crippen LogP contribution in [0.5, 0.6) is 0 Å². The summed E-state index contributed by atoms with van der Waals surface area (Å²) in [7, 11) is 0. The zero-order chi connectivity index (χ0) is 14.6. The SMILES string of the molecule is C=COC(=O)CC(C)=O.CC(C)[O][Ti][O]C(C)C. The molecule has 0 fully saturated rings. The summed E-state index contributed by atoms with van der Waals surface area (Å²) >= 11 is -0.574. The zero-order valence-electron chi connectivity index (χ0n) is 11.7. The van der Waals surface area contributed by atoms with E-state index in [4.69, 9.17) is 6.64 Å². The van der Waals surface area contributed by atoms with Gasteiger partial charge < -0.3 is 4.74 Å². The molecule has 0 aliphatic carbocycles. The van der Waals surface area contributed by atoms with Crippen LogP contribution in [0.1, 0.15) is 41.0 Å². The van der Waals surface area contributed by atoms with E-state index in [0.29, 0.717) is 12.2 Å². The summed E-state index contributed by atoms with van der Waals surface area (Å²) in [5.41, 5.74) is 0. The van der Waals surface area contributed by atoms with Crippen LogP contribution >= 0.6 is 0 Å². The molecule has 0 bridgehead atoms. The molecule has 104 valence electrons. The summed E-state index contributed by atoms with van der Waals surface area (Å²) in [6, 6.07) is 0. The van der Waals surface area contributed by atoms with Crippen molar-refractivity contribution in [1.82, 2.24) is 0 Å². The van der Waals surface area contributed by atoms with E-state index in [1.54, 1.807) is 0 Å². The molecule has 0 aromatic carbocycles. The number of hydrogen-bond donors (Lipinski definition) is 0. The molecule has 0 aliphatic rings. The molecule has 0 rings (SSSR count). The molecule has 0 saturated carbocycles. The van der Waals surface area contributed by atoms with Crippen LogP contribution < -0.4 is 0 Å². The van der Waals surface area contributed by atoms with Gasteiger partial charge in [0.1, 0.15) is 12.2 Å². The van der Waals surface area contributed by atoms with Crippen LogP contribution in [-0.4, -0.2) is 24.0 Å². The van der Waals surface area contributed by atoms with Crippen molar-refractivity contribution < 1.29 is 40.9 Å². The van der Waals surface area contributed by atoms with E-state index >= 15 is 0 Å². The van der Waals surface area contributed by atoms with Crippen molar-refractivity contribution in [3.05, 3.63) is 12.8 Å². The Morgan fingerprint density at radius 2 is 1.61 bits per heavy atom. The first-order valence-corrected chi connectivity index (χ1v) is 6.93. The van der Waals surface area contributed by atoms with Crippen LogP contribution in [0, 0.1) is 0 Å². The Bertz CT molecular complexity index is 243. The second-order valence-corrected chi connectivity index (χ2v) is 4.95. The molecule has 0 aromatic rings. The van der Waals surface area contributed by atoms with Gasteiger partial charge in [-0.15, -0.1) is 0 Å². The van der Waals surface area contributed by atoms with Crippen molar-refractivity contribution in [2.24, 2.45) is 0 Å². The van der Waals surface area contributed by atoms with E-state index in [2.05, 4.69) is 11.3 Å². The number of ketones is 1. The second kappa shape index (κ2) is 13.0. The molecule has 0 radical (unpaired) electrons. The van der Waals surface area contributed by atoms with Crippen molar-refractivity contribution in [1.29, 1.82) is 0 Å². The van der Waals surface area contributed by atoms with E-state index < -0.39 is 25.9 Å². The van der Waals surface area contributed by atoms with E-state index in [1.807, 2.05) is 27.7 Å². The third-order valence-electron chi connectivity index (χ3n) is 1.18. The number of ether oxygens (including phenoxy) is 1. The number of hydrogen-bond acceptors (Lipinski definition) is 5. The van der Waals surface area contributed by atoms with Crippen molar-refractivity contribution in [2.45, 2.75) is 53.2 Å². The summed E-state index contributed by atoms with van der Waals surface area (Å²) in [6.07, 6.45) is 1.48. The maximum atomic E-state index is 10.3. The van der Waals surface area contributed by atoms with Gasteiger partial charge in [-0.05, 0) is 6.92 Å². The van der Waals surface area contributed by atoms with Crippen molar-refractivity contribution >= 4 is 11.8 Å². The minimum absolute atomic E-state index is 0.175. The van der Waals surface area contributed by atoms with Gasteiger partial charge >= 0.3 is 72.4 Å². The van der Waals surface area contributed by atoms with Crippen LogP contribution in [0.4, 0.5) is 0 Å². The molecule has 0 atom stereocenters. The predicted octanol–water partition coefficient (Wildman–Crippen LogP) is 2.40. The van der Waals surface area contributed by atoms with Crippen molar-refractivity contribution in [2.75, 3.05) is 0 Å². The third-order valence-corrected chi connectivity index (χ3v) is 2.95. The molecule has 0 N–H and O–H groups in total. The van der Waals surface area contributed by atoms with Crippen LogP contribution in [0.25, 0.3) is 0 Å². The predicted molar refractivity (Wildman–Crippen MR) is 64.0 cm³/mol. The normalized spacial score (nSPS) is 9.50. The van der Waals surface area contributed by atoms with Gasteiger partial charge in [0, 0.05) is 0 Å². The molecule has 0 heterocycles. The minimum atomic E-state index is -0.574. The fourth-order valence-corrected chi connectivity index (χ4v) is 1.25. The van der Waals surface area contributed by atoms with Gasteiger partial charge in [0.15, 0.2) is 0 Å². The molecule has 0 aromatic heterocycles. The Labute approximate surface area is 119 Å². The third kappa shape index (κ3) is 20.9.